The molecule has 2 atom stereocenters. The minimum Gasteiger partial charge on any atom is -0.375 e. The van der Waals surface area contributed by atoms with Crippen LogP contribution >= 0.6 is 11.3 Å². The van der Waals surface area contributed by atoms with Crippen molar-refractivity contribution in [2.24, 2.45) is 0 Å². The predicted octanol–water partition coefficient (Wildman–Crippen LogP) is 1.22. The normalized spacial score (nSPS) is 20.9. The molecular weight excluding hydrogens is 250 g/mol. The number of nitrogens with one attached hydrogen (secondary N) is 2. The topological polar surface area (TPSA) is 63.2 Å². The lowest BCUT2D eigenvalue weighted by atomic mass is 10.2. The highest BCUT2D eigenvalue weighted by Gasteiger charge is 2.21. The number of hydrogen-bond donors (Lipinski definition) is 2. The fourth-order valence-electron chi connectivity index (χ4n) is 1.90. The highest BCUT2D eigenvalue weighted by molar-refractivity contribution is 7.09. The molecule has 0 aromatic carbocycles. The number of amides is 1. The van der Waals surface area contributed by atoms with Gasteiger partial charge in [-0.3, -0.25) is 4.79 Å². The quantitative estimate of drug-likeness (QED) is 0.843. The first-order chi connectivity index (χ1) is 8.70. The summed E-state index contributed by atoms with van der Waals surface area (Å²) in [6.07, 6.45) is 2.01. The van der Waals surface area contributed by atoms with Crippen molar-refractivity contribution < 1.29 is 9.53 Å². The van der Waals surface area contributed by atoms with Crippen molar-refractivity contribution in [2.75, 3.05) is 13.7 Å². The number of thiazole rings is 1. The number of ether oxygens (including phenoxy) is 1. The number of rotatable bonds is 5. The lowest BCUT2D eigenvalue weighted by molar-refractivity contribution is -0.122. The van der Waals surface area contributed by atoms with Crippen molar-refractivity contribution in [3.05, 3.63) is 16.1 Å². The number of nitrogens with zero attached hydrogens (tertiary/aromatic N) is 1. The molecule has 0 saturated carbocycles. The lowest BCUT2D eigenvalue weighted by Gasteiger charge is -2.09. The highest BCUT2D eigenvalue weighted by atomic mass is 32.1. The number of carbonyl (C=O) groups excluding carboxylic acids is 1. The van der Waals surface area contributed by atoms with E-state index < -0.39 is 0 Å². The summed E-state index contributed by atoms with van der Waals surface area (Å²) in [5.41, 5.74) is 0.894. The predicted molar refractivity (Wildman–Crippen MR) is 70.4 cm³/mol. The van der Waals surface area contributed by atoms with Gasteiger partial charge >= 0.3 is 0 Å². The van der Waals surface area contributed by atoms with Crippen molar-refractivity contribution in [2.45, 2.75) is 38.5 Å². The zero-order valence-corrected chi connectivity index (χ0v) is 11.5. The van der Waals surface area contributed by atoms with E-state index in [-0.39, 0.29) is 18.1 Å². The zero-order chi connectivity index (χ0) is 13.0. The maximum atomic E-state index is 11.8. The Bertz CT molecular complexity index is 402. The molecule has 0 spiro atoms. The SMILES string of the molecule is COC(C)c1nc(CNC(=O)[C@@H]2CCCN2)cs1. The molecule has 6 heteroatoms. The molecule has 0 bridgehead atoms. The average molecular weight is 269 g/mol. The van der Waals surface area contributed by atoms with Gasteiger partial charge in [0.25, 0.3) is 0 Å². The third kappa shape index (κ3) is 3.28. The molecule has 1 amide bonds. The standard InChI is InChI=1S/C12H19N3O2S/c1-8(17-2)12-15-9(7-18-12)6-14-11(16)10-4-3-5-13-10/h7-8,10,13H,3-6H2,1-2H3,(H,14,16)/t8?,10-/m0/s1. The molecule has 0 aliphatic carbocycles. The fourth-order valence-corrected chi connectivity index (χ4v) is 2.75. The Kier molecular flexibility index (Phi) is 4.68. The van der Waals surface area contributed by atoms with Crippen LogP contribution in [0.25, 0.3) is 0 Å². The monoisotopic (exact) mass is 269 g/mol. The molecule has 1 aliphatic heterocycles. The van der Waals surface area contributed by atoms with Gasteiger partial charge in [0.2, 0.25) is 5.91 Å². The second kappa shape index (κ2) is 6.26. The Morgan fingerprint density at radius 3 is 3.28 bits per heavy atom. The Labute approximate surface area is 111 Å². The molecule has 1 fully saturated rings. The van der Waals surface area contributed by atoms with Crippen LogP contribution in [-0.4, -0.2) is 30.6 Å². The van der Waals surface area contributed by atoms with Gasteiger partial charge in [0.15, 0.2) is 0 Å². The third-order valence-electron chi connectivity index (χ3n) is 3.09. The van der Waals surface area contributed by atoms with Gasteiger partial charge in [0.05, 0.1) is 18.3 Å². The van der Waals surface area contributed by atoms with Crippen LogP contribution in [0, 0.1) is 0 Å². The van der Waals surface area contributed by atoms with Gasteiger partial charge in [-0.1, -0.05) is 0 Å². The molecule has 18 heavy (non-hydrogen) atoms. The summed E-state index contributed by atoms with van der Waals surface area (Å²) in [6, 6.07) is -0.0268. The van der Waals surface area contributed by atoms with E-state index in [0.717, 1.165) is 30.1 Å². The molecule has 5 nitrogen and oxygen atoms in total. The van der Waals surface area contributed by atoms with Crippen LogP contribution in [0.1, 0.15) is 36.6 Å². The van der Waals surface area contributed by atoms with Gasteiger partial charge in [0.1, 0.15) is 11.1 Å². The van der Waals surface area contributed by atoms with Crippen LogP contribution in [0.4, 0.5) is 0 Å². The number of aromatic nitrogens is 1. The molecule has 1 aromatic heterocycles. The molecule has 2 rings (SSSR count). The Morgan fingerprint density at radius 1 is 1.78 bits per heavy atom. The van der Waals surface area contributed by atoms with Crippen molar-refractivity contribution in [1.82, 2.24) is 15.6 Å². The van der Waals surface area contributed by atoms with E-state index >= 15 is 0 Å². The minimum absolute atomic E-state index is 0.0101. The van der Waals surface area contributed by atoms with E-state index in [0.29, 0.717) is 6.54 Å². The van der Waals surface area contributed by atoms with Crippen LogP contribution in [0.15, 0.2) is 5.38 Å². The van der Waals surface area contributed by atoms with E-state index in [1.54, 1.807) is 18.4 Å². The van der Waals surface area contributed by atoms with E-state index in [9.17, 15) is 4.79 Å². The zero-order valence-electron chi connectivity index (χ0n) is 10.7. The minimum atomic E-state index is -0.0268. The molecule has 2 N–H and O–H groups in total. The van der Waals surface area contributed by atoms with Crippen LogP contribution in [0.5, 0.6) is 0 Å². The van der Waals surface area contributed by atoms with Crippen LogP contribution in [0.2, 0.25) is 0 Å². The van der Waals surface area contributed by atoms with E-state index in [1.807, 2.05) is 12.3 Å². The maximum Gasteiger partial charge on any atom is 0.237 e. The second-order valence-electron chi connectivity index (χ2n) is 4.42. The van der Waals surface area contributed by atoms with Gasteiger partial charge < -0.3 is 15.4 Å². The first-order valence-electron chi connectivity index (χ1n) is 6.19. The van der Waals surface area contributed by atoms with Crippen molar-refractivity contribution in [1.29, 1.82) is 0 Å². The molecule has 1 unspecified atom stereocenters. The molecule has 2 heterocycles. The third-order valence-corrected chi connectivity index (χ3v) is 4.15. The molecular formula is C12H19N3O2S. The van der Waals surface area contributed by atoms with Crippen LogP contribution in [-0.2, 0) is 16.1 Å². The van der Waals surface area contributed by atoms with Crippen molar-refractivity contribution in [3.63, 3.8) is 0 Å². The molecule has 0 radical (unpaired) electrons. The van der Waals surface area contributed by atoms with Crippen molar-refractivity contribution >= 4 is 17.2 Å². The van der Waals surface area contributed by atoms with E-state index in [2.05, 4.69) is 15.6 Å². The Balaban J connectivity index is 1.82. The first-order valence-corrected chi connectivity index (χ1v) is 7.07. The largest absolute Gasteiger partial charge is 0.375 e. The summed E-state index contributed by atoms with van der Waals surface area (Å²) in [7, 11) is 1.67. The summed E-state index contributed by atoms with van der Waals surface area (Å²) in [6.45, 7) is 3.39. The van der Waals surface area contributed by atoms with Gasteiger partial charge in [-0.25, -0.2) is 4.98 Å². The Morgan fingerprint density at radius 2 is 2.61 bits per heavy atom. The molecule has 100 valence electrons. The smallest absolute Gasteiger partial charge is 0.237 e. The molecule has 1 aromatic rings. The van der Waals surface area contributed by atoms with Gasteiger partial charge in [-0.05, 0) is 26.3 Å². The Hall–Kier alpha value is -0.980. The maximum absolute atomic E-state index is 11.8. The molecule has 1 aliphatic rings. The summed E-state index contributed by atoms with van der Waals surface area (Å²) in [5.74, 6) is 0.0711. The summed E-state index contributed by atoms with van der Waals surface area (Å²) in [5, 5.41) is 9.00. The number of carbonyl (C=O) groups is 1. The van der Waals surface area contributed by atoms with Crippen LogP contribution < -0.4 is 10.6 Å². The summed E-state index contributed by atoms with van der Waals surface area (Å²) in [4.78, 5) is 16.2. The van der Waals surface area contributed by atoms with Gasteiger partial charge in [-0.15, -0.1) is 11.3 Å². The fraction of sp³-hybridized carbons (Fsp3) is 0.667. The number of methoxy groups -OCH3 is 1. The van der Waals surface area contributed by atoms with Gasteiger partial charge in [0, 0.05) is 12.5 Å². The van der Waals surface area contributed by atoms with Crippen LogP contribution in [0.3, 0.4) is 0 Å². The van der Waals surface area contributed by atoms with E-state index in [4.69, 9.17) is 4.74 Å². The second-order valence-corrected chi connectivity index (χ2v) is 5.31. The van der Waals surface area contributed by atoms with Gasteiger partial charge in [-0.2, -0.15) is 0 Å². The van der Waals surface area contributed by atoms with E-state index in [1.165, 1.54) is 0 Å². The average Bonchev–Trinajstić information content (AvgIpc) is 3.05. The summed E-state index contributed by atoms with van der Waals surface area (Å²) < 4.78 is 5.21. The summed E-state index contributed by atoms with van der Waals surface area (Å²) >= 11 is 1.56. The first kappa shape index (κ1) is 13.5. The van der Waals surface area contributed by atoms with Crippen molar-refractivity contribution in [3.8, 4) is 0 Å². The number of hydrogen-bond acceptors (Lipinski definition) is 5. The lowest BCUT2D eigenvalue weighted by Crippen LogP contribution is -2.40. The highest BCUT2D eigenvalue weighted by Crippen LogP contribution is 2.20. The molecule has 1 saturated heterocycles.